The van der Waals surface area contributed by atoms with Crippen LogP contribution >= 0.6 is 0 Å². The molecule has 0 unspecified atom stereocenters. The fourth-order valence-electron chi connectivity index (χ4n) is 2.18. The summed E-state index contributed by atoms with van der Waals surface area (Å²) in [6.07, 6.45) is 3.93. The molecule has 0 N–H and O–H groups in total. The molecular formula is C18H20N2O5. The molecule has 2 rings (SSSR count). The molecule has 1 aromatic heterocycles. The first-order valence-corrected chi connectivity index (χ1v) is 7.89. The molecule has 1 atom stereocenters. The third-order valence-corrected chi connectivity index (χ3v) is 3.23. The highest BCUT2D eigenvalue weighted by molar-refractivity contribution is 5.79. The van der Waals surface area contributed by atoms with Crippen molar-refractivity contribution in [3.8, 4) is 5.75 Å². The zero-order valence-corrected chi connectivity index (χ0v) is 14.2. The van der Waals surface area contributed by atoms with Crippen molar-refractivity contribution in [2.75, 3.05) is 6.61 Å². The van der Waals surface area contributed by atoms with Crippen molar-refractivity contribution in [3.05, 3.63) is 54.1 Å². The molecule has 0 aliphatic rings. The maximum Gasteiger partial charge on any atom is 0.347 e. The molecular weight excluding hydrogens is 324 g/mol. The maximum absolute atomic E-state index is 12.0. The lowest BCUT2D eigenvalue weighted by molar-refractivity contribution is -0.166. The highest BCUT2D eigenvalue weighted by Crippen LogP contribution is 2.22. The lowest BCUT2D eigenvalue weighted by Gasteiger charge is -2.17. The summed E-state index contributed by atoms with van der Waals surface area (Å²) in [5, 5.41) is 0. The van der Waals surface area contributed by atoms with Crippen molar-refractivity contribution in [2.45, 2.75) is 33.0 Å². The van der Waals surface area contributed by atoms with Crippen LogP contribution in [-0.2, 0) is 32.1 Å². The molecule has 25 heavy (non-hydrogen) atoms. The highest BCUT2D eigenvalue weighted by atomic mass is 16.6. The van der Waals surface area contributed by atoms with Crippen LogP contribution in [0.5, 0.6) is 5.75 Å². The number of benzene rings is 1. The second-order valence-electron chi connectivity index (χ2n) is 5.15. The zero-order valence-electron chi connectivity index (χ0n) is 14.2. The summed E-state index contributed by atoms with van der Waals surface area (Å²) in [6.45, 7) is 3.40. The van der Waals surface area contributed by atoms with Crippen molar-refractivity contribution in [1.82, 2.24) is 9.97 Å². The Morgan fingerprint density at radius 1 is 1.20 bits per heavy atom. The monoisotopic (exact) mass is 344 g/mol. The van der Waals surface area contributed by atoms with Crippen molar-refractivity contribution in [3.63, 3.8) is 0 Å². The Labute approximate surface area is 146 Å². The molecule has 7 nitrogen and oxygen atoms in total. The van der Waals surface area contributed by atoms with E-state index in [0.717, 1.165) is 5.56 Å². The largest absolute Gasteiger partial charge is 0.487 e. The second-order valence-corrected chi connectivity index (χ2v) is 5.15. The van der Waals surface area contributed by atoms with Gasteiger partial charge in [-0.25, -0.2) is 4.79 Å². The topological polar surface area (TPSA) is 87.6 Å². The first-order valence-electron chi connectivity index (χ1n) is 7.89. The minimum Gasteiger partial charge on any atom is -0.487 e. The van der Waals surface area contributed by atoms with Crippen molar-refractivity contribution >= 4 is 11.9 Å². The number of esters is 2. The van der Waals surface area contributed by atoms with Crippen LogP contribution in [0, 0.1) is 0 Å². The standard InChI is InChI=1S/C18H20N2O5/c1-3-23-18(22)17(25-13(2)21)10-14-6-4-5-7-16(14)24-12-15-11-19-8-9-20-15/h4-9,11,17H,3,10,12H2,1-2H3/t17-/m1/s1. The van der Waals surface area contributed by atoms with Gasteiger partial charge in [-0.3, -0.25) is 14.8 Å². The molecule has 7 heteroatoms. The lowest BCUT2D eigenvalue weighted by atomic mass is 10.1. The second kappa shape index (κ2) is 9.36. The first-order chi connectivity index (χ1) is 12.1. The van der Waals surface area contributed by atoms with Gasteiger partial charge < -0.3 is 14.2 Å². The van der Waals surface area contributed by atoms with Gasteiger partial charge >= 0.3 is 11.9 Å². The van der Waals surface area contributed by atoms with Crippen LogP contribution in [0.25, 0.3) is 0 Å². The quantitative estimate of drug-likeness (QED) is 0.678. The molecule has 132 valence electrons. The zero-order chi connectivity index (χ0) is 18.1. The molecule has 0 fully saturated rings. The van der Waals surface area contributed by atoms with Crippen LogP contribution in [0.15, 0.2) is 42.9 Å². The van der Waals surface area contributed by atoms with E-state index in [2.05, 4.69) is 9.97 Å². The third-order valence-electron chi connectivity index (χ3n) is 3.23. The van der Waals surface area contributed by atoms with Gasteiger partial charge in [0.25, 0.3) is 0 Å². The number of nitrogens with zero attached hydrogens (tertiary/aromatic N) is 2. The van der Waals surface area contributed by atoms with Crippen molar-refractivity contribution < 1.29 is 23.8 Å². The van der Waals surface area contributed by atoms with E-state index in [1.54, 1.807) is 31.6 Å². The van der Waals surface area contributed by atoms with Gasteiger partial charge in [-0.15, -0.1) is 0 Å². The van der Waals surface area contributed by atoms with Crippen LogP contribution in [0.2, 0.25) is 0 Å². The van der Waals surface area contributed by atoms with Crippen LogP contribution in [0.4, 0.5) is 0 Å². The predicted octanol–water partition coefficient (Wildman–Crippen LogP) is 2.09. The lowest BCUT2D eigenvalue weighted by Crippen LogP contribution is -2.30. The number of hydrogen-bond donors (Lipinski definition) is 0. The van der Waals surface area contributed by atoms with Crippen LogP contribution < -0.4 is 4.74 Å². The third kappa shape index (κ3) is 5.87. The summed E-state index contributed by atoms with van der Waals surface area (Å²) >= 11 is 0. The molecule has 0 spiro atoms. The summed E-state index contributed by atoms with van der Waals surface area (Å²) in [6, 6.07) is 7.23. The van der Waals surface area contributed by atoms with E-state index >= 15 is 0 Å². The molecule has 2 aromatic rings. The van der Waals surface area contributed by atoms with Gasteiger partial charge in [-0.1, -0.05) is 18.2 Å². The Kier molecular flexibility index (Phi) is 6.88. The normalized spacial score (nSPS) is 11.4. The fraction of sp³-hybridized carbons (Fsp3) is 0.333. The summed E-state index contributed by atoms with van der Waals surface area (Å²) < 4.78 is 15.8. The van der Waals surface area contributed by atoms with Gasteiger partial charge in [0, 0.05) is 25.7 Å². The fourth-order valence-corrected chi connectivity index (χ4v) is 2.18. The summed E-state index contributed by atoms with van der Waals surface area (Å²) in [7, 11) is 0. The van der Waals surface area contributed by atoms with E-state index < -0.39 is 18.0 Å². The van der Waals surface area contributed by atoms with Crippen LogP contribution in [0.1, 0.15) is 25.1 Å². The molecule has 0 radical (unpaired) electrons. The number of para-hydroxylation sites is 1. The number of carbonyl (C=O) groups is 2. The minimum atomic E-state index is -1.02. The van der Waals surface area contributed by atoms with Gasteiger partial charge in [0.05, 0.1) is 18.5 Å². The molecule has 0 saturated carbocycles. The Morgan fingerprint density at radius 3 is 2.68 bits per heavy atom. The molecule has 1 aromatic carbocycles. The van der Waals surface area contributed by atoms with Gasteiger partial charge in [0.2, 0.25) is 6.10 Å². The van der Waals surface area contributed by atoms with Gasteiger partial charge in [-0.2, -0.15) is 0 Å². The maximum atomic E-state index is 12.0. The number of carbonyl (C=O) groups excluding carboxylic acids is 2. The van der Waals surface area contributed by atoms with E-state index in [1.807, 2.05) is 18.2 Å². The van der Waals surface area contributed by atoms with Gasteiger partial charge in [-0.05, 0) is 18.6 Å². The minimum absolute atomic E-state index is 0.162. The van der Waals surface area contributed by atoms with E-state index in [0.29, 0.717) is 11.4 Å². The van der Waals surface area contributed by atoms with E-state index in [1.165, 1.54) is 6.92 Å². The van der Waals surface area contributed by atoms with E-state index in [4.69, 9.17) is 14.2 Å². The van der Waals surface area contributed by atoms with Crippen LogP contribution in [-0.4, -0.2) is 34.6 Å². The van der Waals surface area contributed by atoms with Crippen molar-refractivity contribution in [1.29, 1.82) is 0 Å². The molecule has 0 aliphatic carbocycles. The number of rotatable bonds is 8. The van der Waals surface area contributed by atoms with Crippen LogP contribution in [0.3, 0.4) is 0 Å². The Bertz CT molecular complexity index is 706. The number of aromatic nitrogens is 2. The highest BCUT2D eigenvalue weighted by Gasteiger charge is 2.24. The average Bonchev–Trinajstić information content (AvgIpc) is 2.61. The van der Waals surface area contributed by atoms with E-state index in [-0.39, 0.29) is 19.6 Å². The first kappa shape index (κ1) is 18.4. The molecule has 0 bridgehead atoms. The predicted molar refractivity (Wildman–Crippen MR) is 88.7 cm³/mol. The Balaban J connectivity index is 2.11. The molecule has 0 amide bonds. The molecule has 0 saturated heterocycles. The Morgan fingerprint density at radius 2 is 2.00 bits per heavy atom. The Hall–Kier alpha value is -2.96. The van der Waals surface area contributed by atoms with Gasteiger partial charge in [0.15, 0.2) is 0 Å². The molecule has 0 aliphatic heterocycles. The SMILES string of the molecule is CCOC(=O)[C@@H](Cc1ccccc1OCc1cnccn1)OC(C)=O. The van der Waals surface area contributed by atoms with Crippen molar-refractivity contribution in [2.24, 2.45) is 0 Å². The number of hydrogen-bond acceptors (Lipinski definition) is 7. The smallest absolute Gasteiger partial charge is 0.347 e. The average molecular weight is 344 g/mol. The number of ether oxygens (including phenoxy) is 3. The molecule has 1 heterocycles. The summed E-state index contributed by atoms with van der Waals surface area (Å²) in [5.41, 5.74) is 1.41. The van der Waals surface area contributed by atoms with Gasteiger partial charge in [0.1, 0.15) is 12.4 Å². The summed E-state index contributed by atoms with van der Waals surface area (Å²) in [4.78, 5) is 31.4. The van der Waals surface area contributed by atoms with E-state index in [9.17, 15) is 9.59 Å². The summed E-state index contributed by atoms with van der Waals surface area (Å²) in [5.74, 6) is -0.549.